The number of allylic oxidation sites excluding steroid dienone is 3. The lowest BCUT2D eigenvalue weighted by molar-refractivity contribution is -0.205. The van der Waals surface area contributed by atoms with Gasteiger partial charge in [-0.25, -0.2) is 0 Å². The summed E-state index contributed by atoms with van der Waals surface area (Å²) in [5.41, 5.74) is 3.45. The van der Waals surface area contributed by atoms with Gasteiger partial charge in [-0.05, 0) is 89.7 Å². The van der Waals surface area contributed by atoms with E-state index < -0.39 is 40.7 Å². The average molecular weight is 559 g/mol. The van der Waals surface area contributed by atoms with Crippen LogP contribution in [0.4, 0.5) is 0 Å². The van der Waals surface area contributed by atoms with Crippen molar-refractivity contribution in [2.45, 2.75) is 118 Å². The Morgan fingerprint density at radius 2 is 1.85 bits per heavy atom. The summed E-state index contributed by atoms with van der Waals surface area (Å²) in [5.74, 6) is 0.877. The van der Waals surface area contributed by atoms with Gasteiger partial charge in [0.05, 0.1) is 12.2 Å². The van der Waals surface area contributed by atoms with Crippen LogP contribution in [-0.2, 0) is 19.0 Å². The fourth-order valence-electron chi connectivity index (χ4n) is 9.33. The first-order chi connectivity index (χ1) is 18.6. The zero-order chi connectivity index (χ0) is 29.8. The smallest absolute Gasteiger partial charge is 0.303 e. The highest BCUT2D eigenvalue weighted by Gasteiger charge is 2.65. The number of carbonyl (C=O) groups excluding carboxylic acids is 1. The number of hydrogen-bond donors (Lipinski definition) is 2. The zero-order valence-corrected chi connectivity index (χ0v) is 26.4. The van der Waals surface area contributed by atoms with Crippen LogP contribution in [0.15, 0.2) is 34.9 Å². The van der Waals surface area contributed by atoms with Crippen molar-refractivity contribution in [2.75, 3.05) is 13.9 Å². The summed E-state index contributed by atoms with van der Waals surface area (Å²) < 4.78 is 17.4. The van der Waals surface area contributed by atoms with E-state index in [2.05, 4.69) is 61.1 Å². The number of aliphatic hydroxyl groups excluding tert-OH is 2. The van der Waals surface area contributed by atoms with E-state index in [1.165, 1.54) is 23.6 Å². The van der Waals surface area contributed by atoms with Crippen LogP contribution >= 0.6 is 0 Å². The van der Waals surface area contributed by atoms with Crippen molar-refractivity contribution in [1.82, 2.24) is 0 Å². The molecule has 6 nitrogen and oxygen atoms in total. The van der Waals surface area contributed by atoms with Gasteiger partial charge in [0, 0.05) is 19.4 Å². The van der Waals surface area contributed by atoms with Crippen LogP contribution in [0.1, 0.15) is 93.9 Å². The summed E-state index contributed by atoms with van der Waals surface area (Å²) in [7, 11) is 1.59. The second-order valence-corrected chi connectivity index (χ2v) is 14.5. The number of fused-ring (bicyclic) bond motifs is 4. The molecule has 40 heavy (non-hydrogen) atoms. The van der Waals surface area contributed by atoms with Crippen molar-refractivity contribution >= 4 is 5.97 Å². The second-order valence-electron chi connectivity index (χ2n) is 14.5. The Kier molecular flexibility index (Phi) is 8.90. The van der Waals surface area contributed by atoms with Crippen molar-refractivity contribution < 1.29 is 29.2 Å². The second kappa shape index (κ2) is 11.3. The van der Waals surface area contributed by atoms with Gasteiger partial charge in [0.25, 0.3) is 0 Å². The van der Waals surface area contributed by atoms with E-state index in [4.69, 9.17) is 14.2 Å². The summed E-state index contributed by atoms with van der Waals surface area (Å²) in [6.45, 7) is 21.2. The fraction of sp³-hybridized carbons (Fsp3) is 0.794. The molecule has 0 radical (unpaired) electrons. The van der Waals surface area contributed by atoms with Crippen LogP contribution in [-0.4, -0.2) is 54.5 Å². The maximum Gasteiger partial charge on any atom is 0.303 e. The molecular formula is C34H54O6. The van der Waals surface area contributed by atoms with Gasteiger partial charge in [0.2, 0.25) is 0 Å². The SMILES string of the molecule is C=C(CC[C@@H](C)[C@H]1CC=C2C3=C([C@@H](O)[C@H](OC(C)=O)C21C)C1(C)C[C@@H](OCOC)[C@H](O)C(C)(C)[C@@H]1CC3)C(C)C. The third-order valence-corrected chi connectivity index (χ3v) is 11.6. The Hall–Kier alpha value is -1.47. The van der Waals surface area contributed by atoms with Gasteiger partial charge in [-0.3, -0.25) is 4.79 Å². The summed E-state index contributed by atoms with van der Waals surface area (Å²) in [4.78, 5) is 12.5. The number of ether oxygens (including phenoxy) is 3. The van der Waals surface area contributed by atoms with Gasteiger partial charge in [-0.2, -0.15) is 0 Å². The van der Waals surface area contributed by atoms with Crippen molar-refractivity contribution in [3.05, 3.63) is 34.9 Å². The molecule has 0 amide bonds. The number of carbonyl (C=O) groups is 1. The maximum absolute atomic E-state index is 12.5. The third-order valence-electron chi connectivity index (χ3n) is 11.6. The molecule has 0 spiro atoms. The first kappa shape index (κ1) is 31.5. The first-order valence-corrected chi connectivity index (χ1v) is 15.4. The van der Waals surface area contributed by atoms with Crippen molar-refractivity contribution in [1.29, 1.82) is 0 Å². The number of methoxy groups -OCH3 is 1. The molecule has 0 aromatic carbocycles. The molecule has 1 fully saturated rings. The predicted molar refractivity (Wildman–Crippen MR) is 157 cm³/mol. The van der Waals surface area contributed by atoms with E-state index in [1.54, 1.807) is 7.11 Å². The summed E-state index contributed by atoms with van der Waals surface area (Å²) in [5, 5.41) is 23.7. The fourth-order valence-corrected chi connectivity index (χ4v) is 9.33. The largest absolute Gasteiger partial charge is 0.458 e. The van der Waals surface area contributed by atoms with E-state index >= 15 is 0 Å². The average Bonchev–Trinajstić information content (AvgIpc) is 3.23. The van der Waals surface area contributed by atoms with Crippen LogP contribution < -0.4 is 0 Å². The molecule has 4 aliphatic carbocycles. The van der Waals surface area contributed by atoms with Gasteiger partial charge >= 0.3 is 5.97 Å². The van der Waals surface area contributed by atoms with Gasteiger partial charge < -0.3 is 24.4 Å². The quantitative estimate of drug-likeness (QED) is 0.194. The van der Waals surface area contributed by atoms with Crippen LogP contribution in [0.5, 0.6) is 0 Å². The lowest BCUT2D eigenvalue weighted by Crippen LogP contribution is -2.63. The van der Waals surface area contributed by atoms with Gasteiger partial charge in [0.15, 0.2) is 0 Å². The lowest BCUT2D eigenvalue weighted by atomic mass is 9.45. The number of esters is 1. The summed E-state index contributed by atoms with van der Waals surface area (Å²) in [6, 6.07) is 0. The Morgan fingerprint density at radius 1 is 1.18 bits per heavy atom. The van der Waals surface area contributed by atoms with E-state index in [9.17, 15) is 15.0 Å². The normalized spacial score (nSPS) is 39.2. The van der Waals surface area contributed by atoms with Crippen molar-refractivity contribution in [2.24, 2.45) is 39.9 Å². The molecule has 0 aromatic rings. The number of aliphatic hydroxyl groups is 2. The molecule has 0 saturated heterocycles. The number of hydrogen-bond acceptors (Lipinski definition) is 6. The third kappa shape index (κ3) is 4.95. The summed E-state index contributed by atoms with van der Waals surface area (Å²) >= 11 is 0. The highest BCUT2D eigenvalue weighted by molar-refractivity contribution is 5.67. The standard InChI is InChI=1S/C34H54O6/c1-19(2)20(3)11-12-21(4)24-14-15-25-23-13-16-27-32(6,7)30(37)26(39-18-38-10)17-33(27,8)28(23)29(36)31(34(24,25)9)40-22(5)35/h15,19,21,24,26-27,29-31,36-37H,3,11-14,16-18H2,1-2,4-10H3/t21-,24-,26-,27+,29-,30+,31+,33?,34?/m1/s1. The van der Waals surface area contributed by atoms with Crippen LogP contribution in [0, 0.1) is 39.9 Å². The molecule has 0 aliphatic heterocycles. The molecule has 2 unspecified atom stereocenters. The van der Waals surface area contributed by atoms with E-state index in [1.807, 2.05) is 0 Å². The molecular weight excluding hydrogens is 504 g/mol. The highest BCUT2D eigenvalue weighted by Crippen LogP contribution is 2.67. The minimum atomic E-state index is -0.915. The minimum Gasteiger partial charge on any atom is -0.458 e. The van der Waals surface area contributed by atoms with Crippen LogP contribution in [0.25, 0.3) is 0 Å². The minimum absolute atomic E-state index is 0.106. The highest BCUT2D eigenvalue weighted by atomic mass is 16.7. The van der Waals surface area contributed by atoms with E-state index in [-0.39, 0.29) is 24.6 Å². The first-order valence-electron chi connectivity index (χ1n) is 15.4. The maximum atomic E-state index is 12.5. The van der Waals surface area contributed by atoms with E-state index in [0.717, 1.165) is 37.7 Å². The van der Waals surface area contributed by atoms with Gasteiger partial charge in [-0.15, -0.1) is 0 Å². The van der Waals surface area contributed by atoms with Crippen LogP contribution in [0.2, 0.25) is 0 Å². The van der Waals surface area contributed by atoms with E-state index in [0.29, 0.717) is 18.3 Å². The molecule has 0 bridgehead atoms. The Morgan fingerprint density at radius 3 is 2.45 bits per heavy atom. The molecule has 1 saturated carbocycles. The molecule has 0 heterocycles. The molecule has 9 atom stereocenters. The molecule has 6 heteroatoms. The Balaban J connectivity index is 1.78. The molecule has 226 valence electrons. The number of rotatable bonds is 9. The van der Waals surface area contributed by atoms with Gasteiger partial charge in [-0.1, -0.05) is 66.7 Å². The Labute approximate surface area is 242 Å². The van der Waals surface area contributed by atoms with Crippen molar-refractivity contribution in [3.8, 4) is 0 Å². The molecule has 4 aliphatic rings. The predicted octanol–water partition coefficient (Wildman–Crippen LogP) is 6.37. The Bertz CT molecular complexity index is 1050. The molecule has 2 N–H and O–H groups in total. The molecule has 4 rings (SSSR count). The van der Waals surface area contributed by atoms with Gasteiger partial charge in [0.1, 0.15) is 19.0 Å². The zero-order valence-electron chi connectivity index (χ0n) is 26.4. The van der Waals surface area contributed by atoms with Crippen LogP contribution in [0.3, 0.4) is 0 Å². The monoisotopic (exact) mass is 558 g/mol. The summed E-state index contributed by atoms with van der Waals surface area (Å²) in [6.07, 6.45) is 5.01. The van der Waals surface area contributed by atoms with Crippen molar-refractivity contribution in [3.63, 3.8) is 0 Å². The topological polar surface area (TPSA) is 85.2 Å². The lowest BCUT2D eigenvalue weighted by Gasteiger charge is -2.62. The molecule has 0 aromatic heterocycles.